The molecule has 0 aliphatic rings. The number of ether oxygens (including phenoxy) is 1. The van der Waals surface area contributed by atoms with Crippen molar-refractivity contribution in [2.75, 3.05) is 6.61 Å². The van der Waals surface area contributed by atoms with E-state index in [0.717, 1.165) is 5.56 Å². The third-order valence-electron chi connectivity index (χ3n) is 2.83. The smallest absolute Gasteiger partial charge is 0.266 e. The first kappa shape index (κ1) is 14.9. The van der Waals surface area contributed by atoms with Crippen LogP contribution in [0.15, 0.2) is 33.5 Å². The van der Waals surface area contributed by atoms with Crippen LogP contribution in [-0.4, -0.2) is 11.6 Å². The summed E-state index contributed by atoms with van der Waals surface area (Å²) < 4.78 is 6.07. The standard InChI is InChI=1S/C16H11BrN2O2/c1-3-6-21-15-5-4-11(8-14(15)17)12-7-10(2)19-16(20)13(12)9-18/h1,4-5,7-8H,6H2,2H3,(H,19,20). The van der Waals surface area contributed by atoms with Crippen LogP contribution in [0.3, 0.4) is 0 Å². The molecular formula is C16H11BrN2O2. The second-order valence-electron chi connectivity index (χ2n) is 4.32. The Kier molecular flexibility index (Phi) is 4.47. The van der Waals surface area contributed by atoms with Crippen LogP contribution >= 0.6 is 15.9 Å². The van der Waals surface area contributed by atoms with Crippen molar-refractivity contribution in [3.8, 4) is 35.3 Å². The van der Waals surface area contributed by atoms with Crippen LogP contribution in [0.5, 0.6) is 5.75 Å². The second-order valence-corrected chi connectivity index (χ2v) is 5.17. The lowest BCUT2D eigenvalue weighted by molar-refractivity contribution is 0.368. The van der Waals surface area contributed by atoms with E-state index >= 15 is 0 Å². The molecule has 0 amide bonds. The molecule has 1 heterocycles. The molecule has 0 unspecified atom stereocenters. The number of aryl methyl sites for hydroxylation is 1. The molecule has 0 aliphatic heterocycles. The fourth-order valence-corrected chi connectivity index (χ4v) is 2.43. The van der Waals surface area contributed by atoms with E-state index in [0.29, 0.717) is 21.5 Å². The lowest BCUT2D eigenvalue weighted by Crippen LogP contribution is -2.12. The van der Waals surface area contributed by atoms with E-state index < -0.39 is 5.56 Å². The molecule has 0 saturated carbocycles. The van der Waals surface area contributed by atoms with Crippen LogP contribution in [0.2, 0.25) is 0 Å². The Morgan fingerprint density at radius 3 is 2.81 bits per heavy atom. The molecule has 0 saturated heterocycles. The average molecular weight is 343 g/mol. The number of pyridine rings is 1. The number of benzene rings is 1. The molecule has 0 radical (unpaired) electrons. The summed E-state index contributed by atoms with van der Waals surface area (Å²) in [6.07, 6.45) is 5.15. The van der Waals surface area contributed by atoms with E-state index in [9.17, 15) is 4.79 Å². The summed E-state index contributed by atoms with van der Waals surface area (Å²) in [4.78, 5) is 14.4. The molecular weight excluding hydrogens is 332 g/mol. The van der Waals surface area contributed by atoms with Crippen LogP contribution in [0.1, 0.15) is 11.3 Å². The van der Waals surface area contributed by atoms with Crippen molar-refractivity contribution in [1.29, 1.82) is 5.26 Å². The number of nitriles is 1. The predicted molar refractivity (Wildman–Crippen MR) is 84.0 cm³/mol. The highest BCUT2D eigenvalue weighted by atomic mass is 79.9. The lowest BCUT2D eigenvalue weighted by atomic mass is 10.0. The van der Waals surface area contributed by atoms with E-state index in [1.54, 1.807) is 31.2 Å². The highest BCUT2D eigenvalue weighted by Crippen LogP contribution is 2.31. The summed E-state index contributed by atoms with van der Waals surface area (Å²) in [7, 11) is 0. The maximum Gasteiger partial charge on any atom is 0.266 e. The largest absolute Gasteiger partial charge is 0.480 e. The number of terminal acetylenes is 1. The highest BCUT2D eigenvalue weighted by Gasteiger charge is 2.12. The van der Waals surface area contributed by atoms with Gasteiger partial charge in [-0.1, -0.05) is 12.0 Å². The van der Waals surface area contributed by atoms with E-state index in [4.69, 9.17) is 16.4 Å². The van der Waals surface area contributed by atoms with Gasteiger partial charge in [0.25, 0.3) is 5.56 Å². The number of halogens is 1. The monoisotopic (exact) mass is 342 g/mol. The van der Waals surface area contributed by atoms with Gasteiger partial charge >= 0.3 is 0 Å². The topological polar surface area (TPSA) is 65.9 Å². The first-order chi connectivity index (χ1) is 10.1. The number of aromatic nitrogens is 1. The van der Waals surface area contributed by atoms with Gasteiger partial charge in [0.1, 0.15) is 24.0 Å². The summed E-state index contributed by atoms with van der Waals surface area (Å²) >= 11 is 3.40. The maximum atomic E-state index is 11.8. The molecule has 0 bridgehead atoms. The van der Waals surface area contributed by atoms with Gasteiger partial charge < -0.3 is 9.72 Å². The molecule has 1 N–H and O–H groups in total. The molecule has 2 rings (SSSR count). The minimum absolute atomic E-state index is 0.0878. The van der Waals surface area contributed by atoms with Gasteiger partial charge in [-0.25, -0.2) is 0 Å². The van der Waals surface area contributed by atoms with Gasteiger partial charge in [-0.05, 0) is 46.6 Å². The first-order valence-corrected chi connectivity index (χ1v) is 6.86. The molecule has 1 aromatic heterocycles. The quantitative estimate of drug-likeness (QED) is 0.872. The van der Waals surface area contributed by atoms with Crippen LogP contribution in [0.4, 0.5) is 0 Å². The van der Waals surface area contributed by atoms with E-state index in [-0.39, 0.29) is 12.2 Å². The van der Waals surface area contributed by atoms with E-state index in [2.05, 4.69) is 26.8 Å². The third kappa shape index (κ3) is 3.16. The Hall–Kier alpha value is -2.50. The van der Waals surface area contributed by atoms with Crippen molar-refractivity contribution in [1.82, 2.24) is 4.98 Å². The Morgan fingerprint density at radius 2 is 2.19 bits per heavy atom. The number of aromatic amines is 1. The second kappa shape index (κ2) is 6.30. The molecule has 5 heteroatoms. The molecule has 0 atom stereocenters. The lowest BCUT2D eigenvalue weighted by Gasteiger charge is -2.09. The van der Waals surface area contributed by atoms with Crippen molar-refractivity contribution in [3.63, 3.8) is 0 Å². The maximum absolute atomic E-state index is 11.8. The molecule has 4 nitrogen and oxygen atoms in total. The fraction of sp³-hybridized carbons (Fsp3) is 0.125. The van der Waals surface area contributed by atoms with Gasteiger partial charge in [0.15, 0.2) is 0 Å². The van der Waals surface area contributed by atoms with E-state index in [1.165, 1.54) is 0 Å². The molecule has 104 valence electrons. The van der Waals surface area contributed by atoms with Crippen LogP contribution in [0, 0.1) is 30.6 Å². The number of nitrogens with one attached hydrogen (secondary N) is 1. The molecule has 0 fully saturated rings. The summed E-state index contributed by atoms with van der Waals surface area (Å²) in [5.74, 6) is 3.00. The van der Waals surface area contributed by atoms with Gasteiger partial charge in [-0.15, -0.1) is 6.42 Å². The molecule has 0 aliphatic carbocycles. The minimum Gasteiger partial charge on any atom is -0.480 e. The highest BCUT2D eigenvalue weighted by molar-refractivity contribution is 9.10. The number of hydrogen-bond acceptors (Lipinski definition) is 3. The van der Waals surface area contributed by atoms with Crippen molar-refractivity contribution in [3.05, 3.63) is 50.3 Å². The molecule has 1 aromatic carbocycles. The zero-order valence-corrected chi connectivity index (χ0v) is 12.8. The van der Waals surface area contributed by atoms with Gasteiger partial charge in [-0.2, -0.15) is 5.26 Å². The summed E-state index contributed by atoms with van der Waals surface area (Å²) in [6, 6.07) is 9.03. The number of hydrogen-bond donors (Lipinski definition) is 1. The van der Waals surface area contributed by atoms with Gasteiger partial charge in [-0.3, -0.25) is 4.79 Å². The van der Waals surface area contributed by atoms with Crippen LogP contribution in [0.25, 0.3) is 11.1 Å². The zero-order chi connectivity index (χ0) is 15.4. The normalized spacial score (nSPS) is 9.71. The van der Waals surface area contributed by atoms with Crippen molar-refractivity contribution >= 4 is 15.9 Å². The van der Waals surface area contributed by atoms with Gasteiger partial charge in [0.2, 0.25) is 0 Å². The SMILES string of the molecule is C#CCOc1ccc(-c2cc(C)[nH]c(=O)c2C#N)cc1Br. The molecule has 2 aromatic rings. The molecule has 21 heavy (non-hydrogen) atoms. The number of rotatable bonds is 3. The van der Waals surface area contributed by atoms with Gasteiger partial charge in [0, 0.05) is 11.3 Å². The summed E-state index contributed by atoms with van der Waals surface area (Å²) in [6.45, 7) is 1.94. The first-order valence-electron chi connectivity index (χ1n) is 6.07. The predicted octanol–water partition coefficient (Wildman–Crippen LogP) is 3.00. The van der Waals surface area contributed by atoms with Crippen molar-refractivity contribution in [2.24, 2.45) is 0 Å². The van der Waals surface area contributed by atoms with Crippen molar-refractivity contribution in [2.45, 2.75) is 6.92 Å². The average Bonchev–Trinajstić information content (AvgIpc) is 2.45. The Labute approximate surface area is 130 Å². The van der Waals surface area contributed by atoms with Crippen LogP contribution in [-0.2, 0) is 0 Å². The zero-order valence-electron chi connectivity index (χ0n) is 11.2. The molecule has 0 spiro atoms. The fourth-order valence-electron chi connectivity index (χ4n) is 1.93. The minimum atomic E-state index is -0.392. The summed E-state index contributed by atoms with van der Waals surface area (Å²) in [5, 5.41) is 9.16. The Morgan fingerprint density at radius 1 is 1.43 bits per heavy atom. The summed E-state index contributed by atoms with van der Waals surface area (Å²) in [5.41, 5.74) is 1.72. The Bertz CT molecular complexity index is 826. The van der Waals surface area contributed by atoms with Crippen molar-refractivity contribution < 1.29 is 4.74 Å². The van der Waals surface area contributed by atoms with Crippen LogP contribution < -0.4 is 10.3 Å². The third-order valence-corrected chi connectivity index (χ3v) is 3.45. The number of H-pyrrole nitrogens is 1. The van der Waals surface area contributed by atoms with E-state index in [1.807, 2.05) is 6.07 Å². The Balaban J connectivity index is 2.54. The number of nitrogens with zero attached hydrogens (tertiary/aromatic N) is 1. The van der Waals surface area contributed by atoms with Gasteiger partial charge in [0.05, 0.1) is 4.47 Å².